The Bertz CT molecular complexity index is 557. The Morgan fingerprint density at radius 1 is 1.11 bits per heavy atom. The van der Waals surface area contributed by atoms with E-state index in [1.807, 2.05) is 0 Å². The molecule has 0 unspecified atom stereocenters. The highest BCUT2D eigenvalue weighted by molar-refractivity contribution is 5.40. The van der Waals surface area contributed by atoms with E-state index in [4.69, 9.17) is 0 Å². The van der Waals surface area contributed by atoms with Crippen LogP contribution < -0.4 is 5.32 Å². The van der Waals surface area contributed by atoms with Crippen molar-refractivity contribution >= 4 is 0 Å². The van der Waals surface area contributed by atoms with Gasteiger partial charge in [0.2, 0.25) is 0 Å². The molecule has 18 heavy (non-hydrogen) atoms. The molecule has 0 fully saturated rings. The minimum absolute atomic E-state index is 1.03. The molecule has 1 heteroatoms. The molecule has 1 heterocycles. The van der Waals surface area contributed by atoms with Gasteiger partial charge in [-0.1, -0.05) is 48.0 Å². The van der Waals surface area contributed by atoms with Crippen LogP contribution in [0.1, 0.15) is 27.8 Å². The first-order valence-corrected chi connectivity index (χ1v) is 6.69. The molecule has 0 radical (unpaired) electrons. The molecule has 1 nitrogen and oxygen atoms in total. The van der Waals surface area contributed by atoms with Crippen molar-refractivity contribution in [1.82, 2.24) is 5.32 Å². The van der Waals surface area contributed by atoms with Gasteiger partial charge in [-0.25, -0.2) is 0 Å². The predicted octanol–water partition coefficient (Wildman–Crippen LogP) is 3.23. The number of aryl methyl sites for hydroxylation is 1. The molecular weight excluding hydrogens is 218 g/mol. The van der Waals surface area contributed by atoms with Crippen molar-refractivity contribution in [1.29, 1.82) is 0 Å². The monoisotopic (exact) mass is 237 g/mol. The minimum Gasteiger partial charge on any atom is -0.312 e. The van der Waals surface area contributed by atoms with E-state index >= 15 is 0 Å². The van der Waals surface area contributed by atoms with Gasteiger partial charge in [0, 0.05) is 6.54 Å². The van der Waals surface area contributed by atoms with Gasteiger partial charge in [0.1, 0.15) is 0 Å². The van der Waals surface area contributed by atoms with E-state index in [2.05, 4.69) is 54.7 Å². The van der Waals surface area contributed by atoms with E-state index in [1.54, 1.807) is 0 Å². The van der Waals surface area contributed by atoms with Crippen LogP contribution in [-0.2, 0) is 19.4 Å². The number of hydrogen-bond acceptors (Lipinski definition) is 1. The normalized spacial score (nSPS) is 14.3. The third-order valence-corrected chi connectivity index (χ3v) is 3.72. The second kappa shape index (κ2) is 4.95. The van der Waals surface area contributed by atoms with Gasteiger partial charge in [0.25, 0.3) is 0 Å². The Labute approximate surface area is 109 Å². The summed E-state index contributed by atoms with van der Waals surface area (Å²) in [4.78, 5) is 0. The average molecular weight is 237 g/mol. The molecule has 0 spiro atoms. The standard InChI is InChI=1S/C17H19N/c1-13-4-2-5-14(10-13)11-16-7-3-6-15-8-9-18-12-17(15)16/h2-7,10,18H,8-9,11-12H2,1H3. The summed E-state index contributed by atoms with van der Waals surface area (Å²) in [7, 11) is 0. The Morgan fingerprint density at radius 2 is 2.00 bits per heavy atom. The molecule has 2 aromatic carbocycles. The summed E-state index contributed by atoms with van der Waals surface area (Å²) in [5.74, 6) is 0. The molecule has 0 amide bonds. The van der Waals surface area contributed by atoms with Crippen molar-refractivity contribution in [2.75, 3.05) is 6.54 Å². The number of hydrogen-bond donors (Lipinski definition) is 1. The van der Waals surface area contributed by atoms with Gasteiger partial charge < -0.3 is 5.32 Å². The Morgan fingerprint density at radius 3 is 2.89 bits per heavy atom. The van der Waals surface area contributed by atoms with Crippen LogP contribution in [0, 0.1) is 6.92 Å². The van der Waals surface area contributed by atoms with Gasteiger partial charge in [-0.15, -0.1) is 0 Å². The Kier molecular flexibility index (Phi) is 3.16. The molecule has 0 saturated carbocycles. The average Bonchev–Trinajstić information content (AvgIpc) is 2.39. The topological polar surface area (TPSA) is 12.0 Å². The molecule has 0 aromatic heterocycles. The smallest absolute Gasteiger partial charge is 0.0211 e. The molecule has 0 saturated heterocycles. The fourth-order valence-electron chi connectivity index (χ4n) is 2.79. The summed E-state index contributed by atoms with van der Waals surface area (Å²) >= 11 is 0. The maximum absolute atomic E-state index is 3.48. The van der Waals surface area contributed by atoms with Crippen molar-refractivity contribution in [3.63, 3.8) is 0 Å². The Hall–Kier alpha value is -1.60. The summed E-state index contributed by atoms with van der Waals surface area (Å²) in [5.41, 5.74) is 7.28. The lowest BCUT2D eigenvalue weighted by Crippen LogP contribution is -2.24. The van der Waals surface area contributed by atoms with Gasteiger partial charge >= 0.3 is 0 Å². The lowest BCUT2D eigenvalue weighted by molar-refractivity contribution is 0.639. The van der Waals surface area contributed by atoms with E-state index in [0.29, 0.717) is 0 Å². The van der Waals surface area contributed by atoms with E-state index in [1.165, 1.54) is 27.8 Å². The summed E-state index contributed by atoms with van der Waals surface area (Å²) in [6.45, 7) is 4.30. The van der Waals surface area contributed by atoms with Gasteiger partial charge in [0.15, 0.2) is 0 Å². The van der Waals surface area contributed by atoms with Crippen molar-refractivity contribution < 1.29 is 0 Å². The lowest BCUT2D eigenvalue weighted by atomic mass is 9.92. The maximum atomic E-state index is 3.48. The third kappa shape index (κ3) is 2.32. The molecule has 92 valence electrons. The van der Waals surface area contributed by atoms with Gasteiger partial charge in [-0.05, 0) is 48.6 Å². The number of benzene rings is 2. The second-order valence-corrected chi connectivity index (χ2v) is 5.15. The molecule has 0 atom stereocenters. The lowest BCUT2D eigenvalue weighted by Gasteiger charge is -2.20. The van der Waals surface area contributed by atoms with Crippen LogP contribution in [0.25, 0.3) is 0 Å². The quantitative estimate of drug-likeness (QED) is 0.845. The van der Waals surface area contributed by atoms with Crippen molar-refractivity contribution in [2.45, 2.75) is 26.3 Å². The Balaban J connectivity index is 1.93. The second-order valence-electron chi connectivity index (χ2n) is 5.15. The zero-order chi connectivity index (χ0) is 12.4. The molecule has 3 rings (SSSR count). The first kappa shape index (κ1) is 11.5. The van der Waals surface area contributed by atoms with E-state index in [9.17, 15) is 0 Å². The summed E-state index contributed by atoms with van der Waals surface area (Å²) in [6, 6.07) is 15.6. The fourth-order valence-corrected chi connectivity index (χ4v) is 2.79. The fraction of sp³-hybridized carbons (Fsp3) is 0.294. The summed E-state index contributed by atoms with van der Waals surface area (Å²) in [6.07, 6.45) is 2.21. The van der Waals surface area contributed by atoms with Crippen LogP contribution in [0.15, 0.2) is 42.5 Å². The highest BCUT2D eigenvalue weighted by Crippen LogP contribution is 2.21. The number of nitrogens with one attached hydrogen (secondary N) is 1. The van der Waals surface area contributed by atoms with Crippen molar-refractivity contribution in [3.8, 4) is 0 Å². The number of rotatable bonds is 2. The van der Waals surface area contributed by atoms with E-state index < -0.39 is 0 Å². The maximum Gasteiger partial charge on any atom is 0.0211 e. The summed E-state index contributed by atoms with van der Waals surface area (Å²) in [5, 5.41) is 3.48. The van der Waals surface area contributed by atoms with Gasteiger partial charge in [-0.2, -0.15) is 0 Å². The third-order valence-electron chi connectivity index (χ3n) is 3.72. The van der Waals surface area contributed by atoms with Crippen LogP contribution >= 0.6 is 0 Å². The largest absolute Gasteiger partial charge is 0.312 e. The first-order chi connectivity index (χ1) is 8.83. The van der Waals surface area contributed by atoms with Crippen LogP contribution in [0.2, 0.25) is 0 Å². The van der Waals surface area contributed by atoms with Gasteiger partial charge in [0.05, 0.1) is 0 Å². The predicted molar refractivity (Wildman–Crippen MR) is 75.8 cm³/mol. The molecule has 0 aliphatic carbocycles. The molecule has 1 N–H and O–H groups in total. The van der Waals surface area contributed by atoms with Crippen LogP contribution in [0.3, 0.4) is 0 Å². The zero-order valence-corrected chi connectivity index (χ0v) is 10.9. The number of fused-ring (bicyclic) bond motifs is 1. The highest BCUT2D eigenvalue weighted by Gasteiger charge is 2.12. The molecule has 0 bridgehead atoms. The van der Waals surface area contributed by atoms with E-state index in [-0.39, 0.29) is 0 Å². The van der Waals surface area contributed by atoms with Crippen molar-refractivity contribution in [3.05, 3.63) is 70.3 Å². The van der Waals surface area contributed by atoms with Crippen LogP contribution in [0.4, 0.5) is 0 Å². The molecule has 1 aliphatic heterocycles. The molecule has 2 aromatic rings. The zero-order valence-electron chi connectivity index (χ0n) is 10.9. The van der Waals surface area contributed by atoms with E-state index in [0.717, 1.165) is 25.9 Å². The van der Waals surface area contributed by atoms with Crippen LogP contribution in [-0.4, -0.2) is 6.54 Å². The van der Waals surface area contributed by atoms with Crippen LogP contribution in [0.5, 0.6) is 0 Å². The van der Waals surface area contributed by atoms with Crippen molar-refractivity contribution in [2.24, 2.45) is 0 Å². The van der Waals surface area contributed by atoms with Gasteiger partial charge in [-0.3, -0.25) is 0 Å². The summed E-state index contributed by atoms with van der Waals surface area (Å²) < 4.78 is 0. The highest BCUT2D eigenvalue weighted by atomic mass is 14.9. The molecular formula is C17H19N. The first-order valence-electron chi connectivity index (χ1n) is 6.69. The molecule has 1 aliphatic rings. The SMILES string of the molecule is Cc1cccc(Cc2cccc3c2CNCC3)c1. The minimum atomic E-state index is 1.03.